The zero-order valence-corrected chi connectivity index (χ0v) is 17.7. The van der Waals surface area contributed by atoms with Crippen LogP contribution in [-0.4, -0.2) is 5.48 Å². The second-order valence-electron chi connectivity index (χ2n) is 7.47. The van der Waals surface area contributed by atoms with Crippen LogP contribution in [0.5, 0.6) is 0 Å². The molecule has 0 aromatic heterocycles. The molecule has 0 aliphatic heterocycles. The van der Waals surface area contributed by atoms with Crippen molar-refractivity contribution in [1.29, 1.82) is 0 Å². The van der Waals surface area contributed by atoms with Gasteiger partial charge in [0.1, 0.15) is 0 Å². The maximum atomic E-state index is 2.21. The van der Waals surface area contributed by atoms with E-state index in [-0.39, 0.29) is 5.48 Å². The maximum absolute atomic E-state index is 2.21. The minimum Gasteiger partial charge on any atom is -0.412 e. The van der Waals surface area contributed by atoms with Gasteiger partial charge in [-0.05, 0) is 49.9 Å². The molecule has 0 fully saturated rings. The molecule has 0 atom stereocenters. The number of hydrogen-bond acceptors (Lipinski definition) is 0. The second-order valence-corrected chi connectivity index (χ2v) is 7.47. The first kappa shape index (κ1) is 22.1. The van der Waals surface area contributed by atoms with Crippen molar-refractivity contribution in [2.45, 2.75) is 27.7 Å². The second kappa shape index (κ2) is 10.4. The molecule has 0 saturated heterocycles. The van der Waals surface area contributed by atoms with Crippen molar-refractivity contribution in [3.8, 4) is 22.3 Å². The third kappa shape index (κ3) is 6.44. The Balaban J connectivity index is 0.000000200. The molecule has 0 aliphatic rings. The van der Waals surface area contributed by atoms with Crippen LogP contribution in [0.2, 0.25) is 0 Å². The van der Waals surface area contributed by atoms with Crippen molar-refractivity contribution in [2.75, 3.05) is 0 Å². The largest absolute Gasteiger partial charge is 0.412 e. The molecule has 1 heteroatoms. The van der Waals surface area contributed by atoms with Gasteiger partial charge in [0.25, 0.3) is 0 Å². The third-order valence-corrected chi connectivity index (χ3v) is 4.81. The standard InChI is InChI=1S/2C14H14.H2O/c2*1-11-6-8-13(9-7-11)14-5-3-4-12(2)10-14;/h2*3-10H,1-2H3;1H2. The van der Waals surface area contributed by atoms with Gasteiger partial charge in [-0.15, -0.1) is 0 Å². The van der Waals surface area contributed by atoms with Crippen LogP contribution in [0.25, 0.3) is 22.3 Å². The van der Waals surface area contributed by atoms with E-state index in [9.17, 15) is 0 Å². The summed E-state index contributed by atoms with van der Waals surface area (Å²) in [5.41, 5.74) is 10.4. The summed E-state index contributed by atoms with van der Waals surface area (Å²) < 4.78 is 0. The van der Waals surface area contributed by atoms with Crippen LogP contribution < -0.4 is 0 Å². The Morgan fingerprint density at radius 2 is 0.690 bits per heavy atom. The summed E-state index contributed by atoms with van der Waals surface area (Å²) in [4.78, 5) is 0. The van der Waals surface area contributed by atoms with Gasteiger partial charge in [0.15, 0.2) is 0 Å². The van der Waals surface area contributed by atoms with Gasteiger partial charge in [0.2, 0.25) is 0 Å². The predicted molar refractivity (Wildman–Crippen MR) is 126 cm³/mol. The van der Waals surface area contributed by atoms with E-state index in [0.717, 1.165) is 0 Å². The smallest absolute Gasteiger partial charge is 0.0181 e. The Morgan fingerprint density at radius 1 is 0.345 bits per heavy atom. The van der Waals surface area contributed by atoms with Crippen LogP contribution in [0.15, 0.2) is 97.1 Å². The average molecular weight is 383 g/mol. The zero-order valence-electron chi connectivity index (χ0n) is 17.7. The lowest BCUT2D eigenvalue weighted by Gasteiger charge is -2.02. The predicted octanol–water partition coefficient (Wildman–Crippen LogP) is 7.12. The van der Waals surface area contributed by atoms with Crippen LogP contribution in [0.4, 0.5) is 0 Å². The van der Waals surface area contributed by atoms with Crippen LogP contribution >= 0.6 is 0 Å². The number of aryl methyl sites for hydroxylation is 4. The molecule has 0 heterocycles. The van der Waals surface area contributed by atoms with Gasteiger partial charge >= 0.3 is 0 Å². The van der Waals surface area contributed by atoms with E-state index in [1.165, 1.54) is 44.5 Å². The van der Waals surface area contributed by atoms with Crippen molar-refractivity contribution in [3.05, 3.63) is 119 Å². The molecule has 0 aliphatic carbocycles. The number of benzene rings is 4. The Kier molecular flexibility index (Phi) is 7.94. The lowest BCUT2D eigenvalue weighted by atomic mass is 10.0. The summed E-state index contributed by atoms with van der Waals surface area (Å²) in [6.07, 6.45) is 0. The summed E-state index contributed by atoms with van der Waals surface area (Å²) in [6, 6.07) is 34.5. The number of rotatable bonds is 2. The Labute approximate surface area is 175 Å². The summed E-state index contributed by atoms with van der Waals surface area (Å²) >= 11 is 0. The molecular formula is C28H30O. The van der Waals surface area contributed by atoms with Gasteiger partial charge in [0, 0.05) is 0 Å². The summed E-state index contributed by atoms with van der Waals surface area (Å²) in [7, 11) is 0. The topological polar surface area (TPSA) is 31.5 Å². The highest BCUT2D eigenvalue weighted by Crippen LogP contribution is 2.21. The summed E-state index contributed by atoms with van der Waals surface area (Å²) in [6.45, 7) is 8.47. The van der Waals surface area contributed by atoms with Crippen molar-refractivity contribution in [3.63, 3.8) is 0 Å². The molecule has 148 valence electrons. The molecule has 4 aromatic rings. The van der Waals surface area contributed by atoms with Crippen molar-refractivity contribution >= 4 is 0 Å². The normalized spacial score (nSPS) is 9.79. The van der Waals surface area contributed by atoms with E-state index in [1.807, 2.05) is 0 Å². The Bertz CT molecular complexity index is 941. The van der Waals surface area contributed by atoms with Crippen LogP contribution in [-0.2, 0) is 0 Å². The summed E-state index contributed by atoms with van der Waals surface area (Å²) in [5, 5.41) is 0. The zero-order chi connectivity index (χ0) is 19.9. The monoisotopic (exact) mass is 382 g/mol. The first-order valence-electron chi connectivity index (χ1n) is 9.79. The Morgan fingerprint density at radius 3 is 1.00 bits per heavy atom. The Hall–Kier alpha value is -3.16. The molecule has 0 saturated carbocycles. The molecule has 0 amide bonds. The fourth-order valence-corrected chi connectivity index (χ4v) is 3.14. The quantitative estimate of drug-likeness (QED) is 0.353. The average Bonchev–Trinajstić information content (AvgIpc) is 2.70. The van der Waals surface area contributed by atoms with Gasteiger partial charge in [-0.1, -0.05) is 119 Å². The fourth-order valence-electron chi connectivity index (χ4n) is 3.14. The molecule has 4 rings (SSSR count). The van der Waals surface area contributed by atoms with Crippen molar-refractivity contribution in [1.82, 2.24) is 0 Å². The minimum absolute atomic E-state index is 0. The van der Waals surface area contributed by atoms with E-state index in [2.05, 4.69) is 125 Å². The van der Waals surface area contributed by atoms with Crippen molar-refractivity contribution in [2.24, 2.45) is 0 Å². The molecule has 0 spiro atoms. The molecule has 1 nitrogen and oxygen atoms in total. The fraction of sp³-hybridized carbons (Fsp3) is 0.143. The highest BCUT2D eigenvalue weighted by molar-refractivity contribution is 5.65. The van der Waals surface area contributed by atoms with Gasteiger partial charge in [0.05, 0.1) is 0 Å². The van der Waals surface area contributed by atoms with Crippen LogP contribution in [0, 0.1) is 27.7 Å². The third-order valence-electron chi connectivity index (χ3n) is 4.81. The molecule has 0 bridgehead atoms. The highest BCUT2D eigenvalue weighted by Gasteiger charge is 1.97. The molecule has 0 radical (unpaired) electrons. The van der Waals surface area contributed by atoms with E-state index in [4.69, 9.17) is 0 Å². The van der Waals surface area contributed by atoms with Crippen LogP contribution in [0.3, 0.4) is 0 Å². The molecule has 29 heavy (non-hydrogen) atoms. The summed E-state index contributed by atoms with van der Waals surface area (Å²) in [5.74, 6) is 0. The van der Waals surface area contributed by atoms with E-state index in [1.54, 1.807) is 0 Å². The first-order valence-corrected chi connectivity index (χ1v) is 9.79. The lowest BCUT2D eigenvalue weighted by Crippen LogP contribution is -1.79. The first-order chi connectivity index (χ1) is 13.5. The highest BCUT2D eigenvalue weighted by atomic mass is 16.0. The van der Waals surface area contributed by atoms with Gasteiger partial charge in [-0.25, -0.2) is 0 Å². The molecule has 2 N–H and O–H groups in total. The minimum atomic E-state index is 0. The molecule has 0 unspecified atom stereocenters. The van der Waals surface area contributed by atoms with E-state index < -0.39 is 0 Å². The molecule has 4 aromatic carbocycles. The molecular weight excluding hydrogens is 352 g/mol. The lowest BCUT2D eigenvalue weighted by molar-refractivity contribution is 0.824. The van der Waals surface area contributed by atoms with Crippen molar-refractivity contribution < 1.29 is 5.48 Å². The van der Waals surface area contributed by atoms with Gasteiger partial charge in [-0.3, -0.25) is 0 Å². The van der Waals surface area contributed by atoms with E-state index >= 15 is 0 Å². The van der Waals surface area contributed by atoms with Gasteiger partial charge < -0.3 is 5.48 Å². The maximum Gasteiger partial charge on any atom is -0.0181 e. The SMILES string of the molecule is Cc1ccc(-c2cccc(C)c2)cc1.Cc1ccc(-c2cccc(C)c2)cc1.O. The number of hydrogen-bond donors (Lipinski definition) is 0. The van der Waals surface area contributed by atoms with Crippen LogP contribution in [0.1, 0.15) is 22.3 Å². The van der Waals surface area contributed by atoms with E-state index in [0.29, 0.717) is 0 Å². The van der Waals surface area contributed by atoms with Gasteiger partial charge in [-0.2, -0.15) is 0 Å².